The van der Waals surface area contributed by atoms with Crippen molar-refractivity contribution in [2.75, 3.05) is 14.1 Å². The van der Waals surface area contributed by atoms with Gasteiger partial charge in [-0.15, -0.1) is 0 Å². The summed E-state index contributed by atoms with van der Waals surface area (Å²) in [6.07, 6.45) is 2.92. The third kappa shape index (κ3) is 3.77. The van der Waals surface area contributed by atoms with Gasteiger partial charge in [0.2, 0.25) is 0 Å². The molecular formula is C20H25N3O4. The lowest BCUT2D eigenvalue weighted by atomic mass is 9.98. The normalized spacial score (nSPS) is 12.7. The summed E-state index contributed by atoms with van der Waals surface area (Å²) in [5.74, 6) is 0. The Kier molecular flexibility index (Phi) is 5.69. The van der Waals surface area contributed by atoms with Crippen LogP contribution in [0.1, 0.15) is 48.3 Å². The van der Waals surface area contributed by atoms with Gasteiger partial charge >= 0.3 is 12.2 Å². The first-order chi connectivity index (χ1) is 13.1. The van der Waals surface area contributed by atoms with Gasteiger partial charge in [0.25, 0.3) is 0 Å². The van der Waals surface area contributed by atoms with Gasteiger partial charge in [0.1, 0.15) is 12.7 Å². The van der Waals surface area contributed by atoms with Gasteiger partial charge in [-0.2, -0.15) is 0 Å². The van der Waals surface area contributed by atoms with E-state index >= 15 is 0 Å². The Morgan fingerprint density at radius 3 is 2.63 bits per heavy atom. The molecule has 0 saturated heterocycles. The predicted octanol–water partition coefficient (Wildman–Crippen LogP) is 3.43. The van der Waals surface area contributed by atoms with E-state index in [1.807, 2.05) is 25.3 Å². The molecule has 0 fully saturated rings. The highest BCUT2D eigenvalue weighted by Crippen LogP contribution is 2.39. The Labute approximate surface area is 158 Å². The molecule has 1 atom stereocenters. The van der Waals surface area contributed by atoms with Crippen LogP contribution in [-0.2, 0) is 22.5 Å². The van der Waals surface area contributed by atoms with Crippen LogP contribution in [-0.4, -0.2) is 30.8 Å². The zero-order valence-corrected chi connectivity index (χ0v) is 15.9. The molecular weight excluding hydrogens is 346 g/mol. The Morgan fingerprint density at radius 1 is 1.19 bits per heavy atom. The summed E-state index contributed by atoms with van der Waals surface area (Å²) < 4.78 is 13.1. The number of benzene rings is 1. The van der Waals surface area contributed by atoms with Gasteiger partial charge in [0, 0.05) is 49.2 Å². The molecule has 27 heavy (non-hydrogen) atoms. The summed E-state index contributed by atoms with van der Waals surface area (Å²) in [4.78, 5) is 23.5. The number of rotatable bonds is 6. The fourth-order valence-corrected chi connectivity index (χ4v) is 3.53. The number of para-hydroxylation sites is 1. The number of nitrogens with zero attached hydrogens (tertiary/aromatic N) is 1. The number of aromatic nitrogens is 1. The number of hydrogen-bond acceptors (Lipinski definition) is 4. The van der Waals surface area contributed by atoms with Gasteiger partial charge < -0.3 is 24.7 Å². The van der Waals surface area contributed by atoms with Crippen LogP contribution in [0, 0.1) is 0 Å². The second kappa shape index (κ2) is 8.16. The Hall–Kier alpha value is -2.96. The zero-order valence-electron chi connectivity index (χ0n) is 15.9. The lowest BCUT2D eigenvalue weighted by molar-refractivity contribution is 0.0911. The number of alkyl carbamates (subject to hydrolysis) is 2. The van der Waals surface area contributed by atoms with Gasteiger partial charge in [-0.25, -0.2) is 9.59 Å². The molecule has 7 heteroatoms. The van der Waals surface area contributed by atoms with Crippen LogP contribution in [0.5, 0.6) is 0 Å². The van der Waals surface area contributed by atoms with Crippen LogP contribution in [0.2, 0.25) is 0 Å². The Morgan fingerprint density at radius 2 is 1.93 bits per heavy atom. The maximum atomic E-state index is 11.9. The van der Waals surface area contributed by atoms with Gasteiger partial charge in [-0.1, -0.05) is 31.5 Å². The van der Waals surface area contributed by atoms with E-state index in [-0.39, 0.29) is 6.61 Å². The third-order valence-corrected chi connectivity index (χ3v) is 4.73. The number of amides is 2. The van der Waals surface area contributed by atoms with E-state index in [1.165, 1.54) is 12.6 Å². The molecule has 0 radical (unpaired) electrons. The molecule has 0 bridgehead atoms. The van der Waals surface area contributed by atoms with Crippen molar-refractivity contribution in [3.05, 3.63) is 52.8 Å². The molecule has 1 aromatic carbocycles. The van der Waals surface area contributed by atoms with E-state index in [0.29, 0.717) is 6.42 Å². The van der Waals surface area contributed by atoms with E-state index < -0.39 is 18.3 Å². The molecule has 0 saturated carbocycles. The predicted molar refractivity (Wildman–Crippen MR) is 101 cm³/mol. The standard InChI is InChI=1S/C20H25N3O4/c1-4-7-17(27-20(25)22-3)18-14(12-26-19(24)21-2)11-23-15-9-6-5-8-13(15)10-16(18)23/h5-6,8-9,11,17H,4,7,10,12H2,1-3H3,(H,21,24)(H,22,25). The molecule has 7 nitrogen and oxygen atoms in total. The number of fused-ring (bicyclic) bond motifs is 3. The molecule has 1 aromatic heterocycles. The van der Waals surface area contributed by atoms with Gasteiger partial charge in [0.05, 0.1) is 0 Å². The van der Waals surface area contributed by atoms with E-state index in [4.69, 9.17) is 9.47 Å². The molecule has 0 spiro atoms. The fourth-order valence-electron chi connectivity index (χ4n) is 3.53. The summed E-state index contributed by atoms with van der Waals surface area (Å²) in [5.41, 5.74) is 5.19. The largest absolute Gasteiger partial charge is 0.445 e. The lowest BCUT2D eigenvalue weighted by Crippen LogP contribution is -2.23. The highest BCUT2D eigenvalue weighted by atomic mass is 16.6. The number of nitrogens with one attached hydrogen (secondary N) is 2. The van der Waals surface area contributed by atoms with Crippen molar-refractivity contribution in [1.29, 1.82) is 0 Å². The highest BCUT2D eigenvalue weighted by molar-refractivity contribution is 5.68. The third-order valence-electron chi connectivity index (χ3n) is 4.73. The number of carbonyl (C=O) groups is 2. The average Bonchev–Trinajstić information content (AvgIpc) is 3.21. The molecule has 3 rings (SSSR count). The van der Waals surface area contributed by atoms with E-state index in [1.54, 1.807) is 7.05 Å². The van der Waals surface area contributed by atoms with E-state index in [9.17, 15) is 9.59 Å². The highest BCUT2D eigenvalue weighted by Gasteiger charge is 2.30. The maximum Gasteiger partial charge on any atom is 0.407 e. The summed E-state index contributed by atoms with van der Waals surface area (Å²) in [6.45, 7) is 2.17. The first-order valence-corrected chi connectivity index (χ1v) is 9.13. The molecule has 1 unspecified atom stereocenters. The van der Waals surface area contributed by atoms with Gasteiger partial charge in [-0.3, -0.25) is 0 Å². The van der Waals surface area contributed by atoms with Crippen LogP contribution in [0.15, 0.2) is 30.5 Å². The van der Waals surface area contributed by atoms with Crippen molar-refractivity contribution in [2.24, 2.45) is 0 Å². The minimum Gasteiger partial charge on any atom is -0.445 e. The SMILES string of the molecule is CCCC(OC(=O)NC)c1c(COC(=O)NC)cn2c1Cc1ccccc1-2. The minimum atomic E-state index is -0.494. The molecule has 2 aromatic rings. The minimum absolute atomic E-state index is 0.120. The van der Waals surface area contributed by atoms with E-state index in [0.717, 1.165) is 35.3 Å². The quantitative estimate of drug-likeness (QED) is 0.695. The smallest absolute Gasteiger partial charge is 0.407 e. The zero-order chi connectivity index (χ0) is 19.4. The number of carbonyl (C=O) groups excluding carboxylic acids is 2. The van der Waals surface area contributed by atoms with Crippen molar-refractivity contribution in [1.82, 2.24) is 15.2 Å². The lowest BCUT2D eigenvalue weighted by Gasteiger charge is -2.19. The maximum absolute atomic E-state index is 11.9. The van der Waals surface area contributed by atoms with Crippen molar-refractivity contribution in [3.63, 3.8) is 0 Å². The molecule has 1 aliphatic rings. The fraction of sp³-hybridized carbons (Fsp3) is 0.400. The Balaban J connectivity index is 2.02. The van der Waals surface area contributed by atoms with Crippen LogP contribution in [0.4, 0.5) is 9.59 Å². The molecule has 2 N–H and O–H groups in total. The molecule has 2 amide bonds. The van der Waals surface area contributed by atoms with Gasteiger partial charge in [0.15, 0.2) is 0 Å². The molecule has 144 valence electrons. The van der Waals surface area contributed by atoms with Gasteiger partial charge in [-0.05, 0) is 18.1 Å². The van der Waals surface area contributed by atoms with Crippen molar-refractivity contribution >= 4 is 12.2 Å². The van der Waals surface area contributed by atoms with Crippen molar-refractivity contribution in [2.45, 2.75) is 38.9 Å². The van der Waals surface area contributed by atoms with Crippen molar-refractivity contribution in [3.8, 4) is 5.69 Å². The first-order valence-electron chi connectivity index (χ1n) is 9.13. The van der Waals surface area contributed by atoms with E-state index in [2.05, 4.69) is 27.3 Å². The van der Waals surface area contributed by atoms with Crippen LogP contribution in [0.25, 0.3) is 5.69 Å². The van der Waals surface area contributed by atoms with Crippen molar-refractivity contribution < 1.29 is 19.1 Å². The molecule has 1 aliphatic heterocycles. The topological polar surface area (TPSA) is 81.6 Å². The first kappa shape index (κ1) is 18.8. The average molecular weight is 371 g/mol. The number of hydrogen-bond donors (Lipinski definition) is 2. The van der Waals surface area contributed by atoms with Crippen LogP contribution < -0.4 is 10.6 Å². The number of ether oxygens (including phenoxy) is 2. The molecule has 0 aliphatic carbocycles. The summed E-state index contributed by atoms with van der Waals surface area (Å²) >= 11 is 0. The summed E-state index contributed by atoms with van der Waals surface area (Å²) in [5, 5.41) is 4.97. The summed E-state index contributed by atoms with van der Waals surface area (Å²) in [7, 11) is 3.06. The second-order valence-electron chi connectivity index (χ2n) is 6.45. The Bertz CT molecular complexity index is 844. The monoisotopic (exact) mass is 371 g/mol. The van der Waals surface area contributed by atoms with Crippen LogP contribution >= 0.6 is 0 Å². The summed E-state index contributed by atoms with van der Waals surface area (Å²) in [6, 6.07) is 8.18. The second-order valence-corrected chi connectivity index (χ2v) is 6.45. The molecule has 2 heterocycles. The van der Waals surface area contributed by atoms with Crippen LogP contribution in [0.3, 0.4) is 0 Å².